The molecule has 1 atom stereocenters. The average molecular weight is 691 g/mol. The minimum atomic E-state index is -3.38. The number of carboxylic acid groups (broad SMARTS) is 1. The van der Waals surface area contributed by atoms with Gasteiger partial charge in [-0.05, 0) is 80.1 Å². The van der Waals surface area contributed by atoms with E-state index in [1.54, 1.807) is 23.1 Å². The van der Waals surface area contributed by atoms with E-state index in [1.165, 1.54) is 31.2 Å². The molecule has 0 bridgehead atoms. The van der Waals surface area contributed by atoms with Gasteiger partial charge in [0.2, 0.25) is 0 Å². The van der Waals surface area contributed by atoms with Crippen molar-refractivity contribution in [2.75, 3.05) is 20.4 Å². The number of methoxy groups -OCH3 is 1. The Balaban J connectivity index is 1.58. The van der Waals surface area contributed by atoms with E-state index in [4.69, 9.17) is 16.3 Å². The van der Waals surface area contributed by atoms with Crippen molar-refractivity contribution in [1.82, 2.24) is 9.80 Å². The number of amides is 2. The number of benzene rings is 3. The predicted molar refractivity (Wildman–Crippen MR) is 175 cm³/mol. The number of hydrogen-bond acceptors (Lipinski definition) is 6. The number of halogens is 3. The van der Waals surface area contributed by atoms with Gasteiger partial charge < -0.3 is 19.6 Å². The van der Waals surface area contributed by atoms with Crippen LogP contribution >= 0.6 is 22.9 Å². The number of carbonyl (C=O) groups is 2. The Morgan fingerprint density at radius 2 is 1.57 bits per heavy atom. The Kier molecular flexibility index (Phi) is 9.63. The first-order valence-corrected chi connectivity index (χ1v) is 17.6. The number of carbonyl (C=O) groups excluding carboxylic acids is 1. The summed E-state index contributed by atoms with van der Waals surface area (Å²) in [6, 6.07) is 12.7. The van der Waals surface area contributed by atoms with Gasteiger partial charge in [-0.2, -0.15) is 0 Å². The van der Waals surface area contributed by atoms with Crippen LogP contribution in [0.25, 0.3) is 21.2 Å². The highest BCUT2D eigenvalue weighted by atomic mass is 35.5. The fraction of sp³-hybridized carbons (Fsp3) is 0.333. The maximum absolute atomic E-state index is 14.8. The van der Waals surface area contributed by atoms with E-state index >= 15 is 0 Å². The molecule has 46 heavy (non-hydrogen) atoms. The van der Waals surface area contributed by atoms with Gasteiger partial charge in [0, 0.05) is 31.0 Å². The smallest absolute Gasteiger partial charge is 0.407 e. The number of nitrogens with zero attached hydrogens (tertiary/aromatic N) is 2. The highest BCUT2D eigenvalue weighted by molar-refractivity contribution is 7.90. The summed E-state index contributed by atoms with van der Waals surface area (Å²) in [6.07, 6.45) is 2.10. The Labute approximate surface area is 275 Å². The zero-order valence-corrected chi connectivity index (χ0v) is 28.0. The minimum Gasteiger partial charge on any atom is -0.496 e. The third-order valence-electron chi connectivity index (χ3n) is 8.73. The molecule has 1 aromatic heterocycles. The quantitative estimate of drug-likeness (QED) is 0.201. The van der Waals surface area contributed by atoms with Gasteiger partial charge in [0.15, 0.2) is 9.84 Å². The van der Waals surface area contributed by atoms with Crippen LogP contribution in [0.4, 0.5) is 13.6 Å². The van der Waals surface area contributed by atoms with E-state index in [0.717, 1.165) is 40.9 Å². The van der Waals surface area contributed by atoms with Gasteiger partial charge in [0.1, 0.15) is 22.3 Å². The van der Waals surface area contributed by atoms with Crippen molar-refractivity contribution in [2.24, 2.45) is 0 Å². The number of hydrogen-bond donors (Lipinski definition) is 1. The molecule has 1 aliphatic rings. The van der Waals surface area contributed by atoms with Gasteiger partial charge in [-0.1, -0.05) is 29.8 Å². The highest BCUT2D eigenvalue weighted by Gasteiger charge is 2.37. The topological polar surface area (TPSA) is 104 Å². The molecule has 13 heteroatoms. The van der Waals surface area contributed by atoms with Crippen molar-refractivity contribution in [2.45, 2.75) is 55.6 Å². The van der Waals surface area contributed by atoms with E-state index in [2.05, 4.69) is 0 Å². The van der Waals surface area contributed by atoms with Crippen LogP contribution in [-0.2, 0) is 9.84 Å². The largest absolute Gasteiger partial charge is 0.496 e. The molecule has 1 heterocycles. The molecular formula is C33H33ClF2N2O6S2. The summed E-state index contributed by atoms with van der Waals surface area (Å²) >= 11 is 7.38. The second-order valence-electron chi connectivity index (χ2n) is 11.5. The van der Waals surface area contributed by atoms with Crippen LogP contribution in [0.2, 0.25) is 5.02 Å². The van der Waals surface area contributed by atoms with Crippen molar-refractivity contribution in [1.29, 1.82) is 0 Å². The van der Waals surface area contributed by atoms with Crippen molar-refractivity contribution >= 4 is 54.9 Å². The molecule has 1 fully saturated rings. The summed E-state index contributed by atoms with van der Waals surface area (Å²) in [5.74, 6) is -1.42. The molecule has 2 amide bonds. The van der Waals surface area contributed by atoms with E-state index in [0.29, 0.717) is 37.0 Å². The van der Waals surface area contributed by atoms with E-state index in [1.807, 2.05) is 19.1 Å². The predicted octanol–water partition coefficient (Wildman–Crippen LogP) is 8.04. The van der Waals surface area contributed by atoms with Gasteiger partial charge in [0.05, 0.1) is 33.2 Å². The Hall–Kier alpha value is -3.74. The fourth-order valence-corrected chi connectivity index (χ4v) is 8.30. The van der Waals surface area contributed by atoms with Crippen LogP contribution in [0.1, 0.15) is 53.9 Å². The Morgan fingerprint density at radius 1 is 0.978 bits per heavy atom. The summed E-state index contributed by atoms with van der Waals surface area (Å²) in [5.41, 5.74) is 2.16. The second kappa shape index (κ2) is 13.2. The molecule has 4 aromatic rings. The van der Waals surface area contributed by atoms with Crippen LogP contribution in [0.15, 0.2) is 59.5 Å². The monoisotopic (exact) mass is 690 g/mol. The molecule has 0 aliphatic heterocycles. The van der Waals surface area contributed by atoms with Crippen molar-refractivity contribution in [3.05, 3.63) is 81.7 Å². The van der Waals surface area contributed by atoms with Gasteiger partial charge in [-0.3, -0.25) is 4.79 Å². The SMILES string of the molecule is COc1ccc(-c2ccc(S(C)(=O)=O)cc2)cc1C(C)N(C(=O)c1sc2c(F)ccc(F)c2c1Cl)C1CCC(N(C)C(=O)O)CC1. The first-order chi connectivity index (χ1) is 21.7. The van der Waals surface area contributed by atoms with Crippen molar-refractivity contribution in [3.8, 4) is 16.9 Å². The van der Waals surface area contributed by atoms with Crippen LogP contribution in [-0.4, -0.2) is 67.8 Å². The summed E-state index contributed by atoms with van der Waals surface area (Å²) in [6.45, 7) is 1.84. The lowest BCUT2D eigenvalue weighted by Crippen LogP contribution is -2.47. The van der Waals surface area contributed by atoms with Crippen LogP contribution in [0, 0.1) is 11.6 Å². The molecule has 0 spiro atoms. The lowest BCUT2D eigenvalue weighted by atomic mass is 9.87. The highest BCUT2D eigenvalue weighted by Crippen LogP contribution is 2.43. The average Bonchev–Trinajstić information content (AvgIpc) is 3.40. The van der Waals surface area contributed by atoms with E-state index in [9.17, 15) is 31.9 Å². The molecule has 0 radical (unpaired) electrons. The minimum absolute atomic E-state index is 0.00350. The molecule has 244 valence electrons. The zero-order chi connectivity index (χ0) is 33.5. The summed E-state index contributed by atoms with van der Waals surface area (Å²) < 4.78 is 59.2. The normalized spacial score (nSPS) is 17.5. The second-order valence-corrected chi connectivity index (χ2v) is 14.9. The number of sulfone groups is 1. The third kappa shape index (κ3) is 6.43. The Bertz CT molecular complexity index is 1910. The fourth-order valence-electron chi connectivity index (χ4n) is 6.18. The number of fused-ring (bicyclic) bond motifs is 1. The van der Waals surface area contributed by atoms with E-state index in [-0.39, 0.29) is 37.0 Å². The number of rotatable bonds is 8. The Morgan fingerprint density at radius 3 is 2.13 bits per heavy atom. The molecule has 1 aliphatic carbocycles. The maximum atomic E-state index is 14.8. The standard InChI is InChI=1S/C33H33ClF2N2O6S2/c1-18(24-17-20(7-16-27(24)44-3)19-5-12-23(13-6-19)46(4,42)43)38(22-10-8-21(9-11-22)37(2)33(40)41)32(39)31-29(34)28-25(35)14-15-26(36)30(28)45-31/h5-7,12-18,21-22H,8-11H2,1-4H3,(H,40,41). The van der Waals surface area contributed by atoms with Gasteiger partial charge in [-0.25, -0.2) is 22.0 Å². The molecular weight excluding hydrogens is 658 g/mol. The molecule has 1 saturated carbocycles. The first kappa shape index (κ1) is 33.6. The van der Waals surface area contributed by atoms with Crippen molar-refractivity contribution in [3.63, 3.8) is 0 Å². The van der Waals surface area contributed by atoms with Gasteiger partial charge in [-0.15, -0.1) is 11.3 Å². The summed E-state index contributed by atoms with van der Waals surface area (Å²) in [7, 11) is -0.344. The van der Waals surface area contributed by atoms with Crippen LogP contribution < -0.4 is 4.74 Å². The third-order valence-corrected chi connectivity index (χ3v) is 11.5. The lowest BCUT2D eigenvalue weighted by molar-refractivity contribution is 0.0466. The van der Waals surface area contributed by atoms with Crippen LogP contribution in [0.3, 0.4) is 0 Å². The van der Waals surface area contributed by atoms with Crippen LogP contribution in [0.5, 0.6) is 5.75 Å². The van der Waals surface area contributed by atoms with Gasteiger partial charge >= 0.3 is 6.09 Å². The number of ether oxygens (including phenoxy) is 1. The van der Waals surface area contributed by atoms with Crippen molar-refractivity contribution < 1.29 is 36.6 Å². The molecule has 5 rings (SSSR count). The molecule has 3 aromatic carbocycles. The first-order valence-electron chi connectivity index (χ1n) is 14.6. The molecule has 1 unspecified atom stereocenters. The number of thiophene rings is 1. The summed E-state index contributed by atoms with van der Waals surface area (Å²) in [5, 5.41) is 9.19. The zero-order valence-electron chi connectivity index (χ0n) is 25.6. The van der Waals surface area contributed by atoms with Gasteiger partial charge in [0.25, 0.3) is 5.91 Å². The molecule has 8 nitrogen and oxygen atoms in total. The van der Waals surface area contributed by atoms with E-state index < -0.39 is 39.5 Å². The summed E-state index contributed by atoms with van der Waals surface area (Å²) in [4.78, 5) is 29.2. The maximum Gasteiger partial charge on any atom is 0.407 e. The lowest BCUT2D eigenvalue weighted by Gasteiger charge is -2.42. The molecule has 1 N–H and O–H groups in total. The molecule has 0 saturated heterocycles.